The molecule has 6 nitrogen and oxygen atoms in total. The van der Waals surface area contributed by atoms with Crippen molar-refractivity contribution in [2.45, 2.75) is 51.0 Å². The molecule has 1 aliphatic heterocycles. The topological polar surface area (TPSA) is 66.9 Å². The fourth-order valence-corrected chi connectivity index (χ4v) is 4.87. The van der Waals surface area contributed by atoms with Gasteiger partial charge in [0.05, 0.1) is 5.75 Å². The van der Waals surface area contributed by atoms with Crippen LogP contribution in [-0.2, 0) is 20.5 Å². The summed E-state index contributed by atoms with van der Waals surface area (Å²) in [4.78, 5) is 13.7. The number of benzene rings is 1. The predicted molar refractivity (Wildman–Crippen MR) is 103 cm³/mol. The average Bonchev–Trinajstić information content (AvgIpc) is 2.56. The molecule has 0 spiro atoms. The van der Waals surface area contributed by atoms with Crippen LogP contribution in [0.5, 0.6) is 0 Å². The molecule has 1 unspecified atom stereocenters. The van der Waals surface area contributed by atoms with E-state index in [4.69, 9.17) is 16.3 Å². The smallest absolute Gasteiger partial charge is 0.410 e. The van der Waals surface area contributed by atoms with Crippen LogP contribution in [-0.4, -0.2) is 55.5 Å². The number of piperidine rings is 1. The maximum atomic E-state index is 14.0. The molecule has 0 radical (unpaired) electrons. The van der Waals surface area contributed by atoms with E-state index in [1.54, 1.807) is 27.8 Å². The van der Waals surface area contributed by atoms with Crippen LogP contribution in [0.1, 0.15) is 39.2 Å². The van der Waals surface area contributed by atoms with Gasteiger partial charge in [-0.25, -0.2) is 17.6 Å². The van der Waals surface area contributed by atoms with Crippen molar-refractivity contribution in [1.29, 1.82) is 0 Å². The lowest BCUT2D eigenvalue weighted by atomic mass is 10.1. The molecule has 1 atom stereocenters. The van der Waals surface area contributed by atoms with Gasteiger partial charge in [-0.15, -0.1) is 0 Å². The van der Waals surface area contributed by atoms with E-state index in [2.05, 4.69) is 0 Å². The van der Waals surface area contributed by atoms with Crippen LogP contribution in [0, 0.1) is 5.82 Å². The van der Waals surface area contributed by atoms with Gasteiger partial charge in [0.15, 0.2) is 0 Å². The number of nitrogens with zero attached hydrogens (tertiary/aromatic N) is 2. The number of likely N-dealkylation sites (N-methyl/N-ethyl adjacent to an activating group) is 1. The average molecular weight is 421 g/mol. The van der Waals surface area contributed by atoms with E-state index in [-0.39, 0.29) is 23.2 Å². The highest BCUT2D eigenvalue weighted by Gasteiger charge is 2.34. The van der Waals surface area contributed by atoms with E-state index in [1.165, 1.54) is 27.4 Å². The Kier molecular flexibility index (Phi) is 6.76. The van der Waals surface area contributed by atoms with Gasteiger partial charge in [0.2, 0.25) is 10.0 Å². The largest absolute Gasteiger partial charge is 0.444 e. The summed E-state index contributed by atoms with van der Waals surface area (Å²) in [6, 6.07) is 3.77. The monoisotopic (exact) mass is 420 g/mol. The lowest BCUT2D eigenvalue weighted by molar-refractivity contribution is 0.0173. The van der Waals surface area contributed by atoms with E-state index < -0.39 is 33.3 Å². The molecule has 1 fully saturated rings. The van der Waals surface area contributed by atoms with Crippen LogP contribution in [0.3, 0.4) is 0 Å². The van der Waals surface area contributed by atoms with Crippen LogP contribution in [0.2, 0.25) is 5.02 Å². The van der Waals surface area contributed by atoms with Gasteiger partial charge >= 0.3 is 6.09 Å². The fourth-order valence-electron chi connectivity index (χ4n) is 2.92. The zero-order chi connectivity index (χ0) is 20.4. The second-order valence-electron chi connectivity index (χ2n) is 7.70. The highest BCUT2D eigenvalue weighted by atomic mass is 35.5. The van der Waals surface area contributed by atoms with Gasteiger partial charge in [-0.05, 0) is 45.7 Å². The second kappa shape index (κ2) is 8.32. The minimum absolute atomic E-state index is 0.0400. The Balaban J connectivity index is 2.11. The van der Waals surface area contributed by atoms with Crippen molar-refractivity contribution in [2.24, 2.45) is 0 Å². The molecule has 1 aromatic carbocycles. The van der Waals surface area contributed by atoms with Gasteiger partial charge in [-0.1, -0.05) is 17.7 Å². The second-order valence-corrected chi connectivity index (χ2v) is 10.1. The third-order valence-corrected chi connectivity index (χ3v) is 6.50. The number of ether oxygens (including phenoxy) is 1. The number of halogens is 2. The number of rotatable bonds is 4. The number of hydrogen-bond acceptors (Lipinski definition) is 4. The standard InChI is InChI=1S/C18H26ClFN2O4S/c1-18(2,3)26-17(23)21(4)13-7-6-10-22(11-13)27(24,25)12-14-15(19)8-5-9-16(14)20/h5,8-9,13H,6-7,10-12H2,1-4H3. The molecule has 152 valence electrons. The number of sulfonamides is 1. The van der Waals surface area contributed by atoms with Crippen LogP contribution in [0.25, 0.3) is 0 Å². The van der Waals surface area contributed by atoms with Crippen molar-refractivity contribution in [3.8, 4) is 0 Å². The molecule has 9 heteroatoms. The molecule has 0 aliphatic carbocycles. The molecule has 1 aliphatic rings. The van der Waals surface area contributed by atoms with Crippen LogP contribution in [0.15, 0.2) is 18.2 Å². The Labute approximate surface area is 165 Å². The number of carbonyl (C=O) groups is 1. The third kappa shape index (κ3) is 5.80. The van der Waals surface area contributed by atoms with E-state index in [9.17, 15) is 17.6 Å². The molecule has 2 rings (SSSR count). The first-order valence-corrected chi connectivity index (χ1v) is 10.8. The van der Waals surface area contributed by atoms with E-state index in [1.807, 2.05) is 0 Å². The Bertz CT molecular complexity index is 775. The molecule has 0 N–H and O–H groups in total. The van der Waals surface area contributed by atoms with Gasteiger partial charge < -0.3 is 9.64 Å². The van der Waals surface area contributed by atoms with Crippen molar-refractivity contribution < 1.29 is 22.3 Å². The summed E-state index contributed by atoms with van der Waals surface area (Å²) in [5.41, 5.74) is -0.672. The zero-order valence-electron chi connectivity index (χ0n) is 16.0. The molecular weight excluding hydrogens is 395 g/mol. The molecule has 1 heterocycles. The third-order valence-electron chi connectivity index (χ3n) is 4.37. The first-order valence-electron chi connectivity index (χ1n) is 8.77. The quantitative estimate of drug-likeness (QED) is 0.745. The molecule has 0 bridgehead atoms. The molecule has 1 aromatic rings. The van der Waals surface area contributed by atoms with Crippen molar-refractivity contribution in [3.63, 3.8) is 0 Å². The number of hydrogen-bond donors (Lipinski definition) is 0. The van der Waals surface area contributed by atoms with Crippen molar-refractivity contribution in [2.75, 3.05) is 20.1 Å². The van der Waals surface area contributed by atoms with Gasteiger partial charge in [0.1, 0.15) is 11.4 Å². The van der Waals surface area contributed by atoms with Crippen molar-refractivity contribution in [1.82, 2.24) is 9.21 Å². The molecule has 27 heavy (non-hydrogen) atoms. The lowest BCUT2D eigenvalue weighted by Gasteiger charge is -2.37. The minimum Gasteiger partial charge on any atom is -0.444 e. The lowest BCUT2D eigenvalue weighted by Crippen LogP contribution is -2.51. The van der Waals surface area contributed by atoms with Crippen LogP contribution >= 0.6 is 11.6 Å². The Morgan fingerprint density at radius 1 is 1.41 bits per heavy atom. The van der Waals surface area contributed by atoms with E-state index in [0.29, 0.717) is 19.4 Å². The summed E-state index contributed by atoms with van der Waals surface area (Å²) in [5.74, 6) is -1.16. The Morgan fingerprint density at radius 3 is 2.67 bits per heavy atom. The van der Waals surface area contributed by atoms with Gasteiger partial charge in [-0.3, -0.25) is 0 Å². The summed E-state index contributed by atoms with van der Waals surface area (Å²) in [5, 5.41) is 0.0815. The normalized spacial score (nSPS) is 19.0. The maximum Gasteiger partial charge on any atom is 0.410 e. The van der Waals surface area contributed by atoms with Crippen molar-refractivity contribution >= 4 is 27.7 Å². The zero-order valence-corrected chi connectivity index (χ0v) is 17.6. The van der Waals surface area contributed by atoms with Crippen molar-refractivity contribution in [3.05, 3.63) is 34.6 Å². The number of amides is 1. The first-order chi connectivity index (χ1) is 12.4. The SMILES string of the molecule is CN(C(=O)OC(C)(C)C)C1CCCN(S(=O)(=O)Cc2c(F)cccc2Cl)C1. The Morgan fingerprint density at radius 2 is 2.07 bits per heavy atom. The van der Waals surface area contributed by atoms with Gasteiger partial charge in [-0.2, -0.15) is 4.31 Å². The van der Waals surface area contributed by atoms with E-state index in [0.717, 1.165) is 0 Å². The van der Waals surface area contributed by atoms with E-state index >= 15 is 0 Å². The first kappa shape index (κ1) is 21.9. The molecule has 1 saturated heterocycles. The van der Waals surface area contributed by atoms with Gasteiger partial charge in [0, 0.05) is 36.8 Å². The molecule has 0 saturated carbocycles. The number of carbonyl (C=O) groups excluding carboxylic acids is 1. The molecular formula is C18H26ClFN2O4S. The molecule has 1 amide bonds. The van der Waals surface area contributed by atoms with Gasteiger partial charge in [0.25, 0.3) is 0 Å². The predicted octanol–water partition coefficient (Wildman–Crippen LogP) is 3.64. The summed E-state index contributed by atoms with van der Waals surface area (Å²) in [6.07, 6.45) is 0.772. The Hall–Kier alpha value is -1.38. The minimum atomic E-state index is -3.78. The summed E-state index contributed by atoms with van der Waals surface area (Å²) in [6.45, 7) is 5.79. The highest BCUT2D eigenvalue weighted by molar-refractivity contribution is 7.88. The maximum absolute atomic E-state index is 14.0. The fraction of sp³-hybridized carbons (Fsp3) is 0.611. The van der Waals surface area contributed by atoms with Crippen LogP contribution in [0.4, 0.5) is 9.18 Å². The van der Waals surface area contributed by atoms with Crippen LogP contribution < -0.4 is 0 Å². The summed E-state index contributed by atoms with van der Waals surface area (Å²) < 4.78 is 46.2. The molecule has 0 aromatic heterocycles. The summed E-state index contributed by atoms with van der Waals surface area (Å²) in [7, 11) is -2.18. The highest BCUT2D eigenvalue weighted by Crippen LogP contribution is 2.25. The summed E-state index contributed by atoms with van der Waals surface area (Å²) >= 11 is 5.96.